The number of aromatic nitrogens is 2. The fourth-order valence-corrected chi connectivity index (χ4v) is 9.34. The summed E-state index contributed by atoms with van der Waals surface area (Å²) in [7, 11) is 4.64. The van der Waals surface area contributed by atoms with E-state index in [1.165, 1.54) is 23.3 Å². The first-order valence-electron chi connectivity index (χ1n) is 21.0. The van der Waals surface area contributed by atoms with Crippen molar-refractivity contribution in [2.45, 2.75) is 30.8 Å². The van der Waals surface area contributed by atoms with E-state index >= 15 is 0 Å². The second kappa shape index (κ2) is 19.7. The van der Waals surface area contributed by atoms with Crippen molar-refractivity contribution in [3.05, 3.63) is 150 Å². The molecule has 0 spiro atoms. The fraction of sp³-hybridized carbons (Fsp3) is 0.157. The molecule has 1 N–H and O–H groups in total. The van der Waals surface area contributed by atoms with Crippen molar-refractivity contribution in [1.29, 1.82) is 0 Å². The number of esters is 1. The fourth-order valence-electron chi connectivity index (χ4n) is 8.55. The predicted octanol–water partition coefficient (Wildman–Crippen LogP) is 2.72. The van der Waals surface area contributed by atoms with Gasteiger partial charge in [0.05, 0.1) is 46.6 Å². The van der Waals surface area contributed by atoms with Crippen molar-refractivity contribution in [3.63, 3.8) is 0 Å². The number of phenolic OH excluding ortho intramolecular Hbond substituents is 1. The summed E-state index contributed by atoms with van der Waals surface area (Å²) in [6.07, 6.45) is 5.82. The lowest BCUT2D eigenvalue weighted by atomic mass is 9.95. The molecule has 2 aromatic heterocycles. The van der Waals surface area contributed by atoms with Gasteiger partial charge in [-0.1, -0.05) is 36.4 Å². The summed E-state index contributed by atoms with van der Waals surface area (Å²) >= 11 is 0. The van der Waals surface area contributed by atoms with Crippen LogP contribution in [0.2, 0.25) is 0 Å². The molecule has 8 aromatic rings. The van der Waals surface area contributed by atoms with Crippen molar-refractivity contribution in [2.24, 2.45) is 0 Å². The van der Waals surface area contributed by atoms with Gasteiger partial charge < -0.3 is 63.1 Å². The van der Waals surface area contributed by atoms with Gasteiger partial charge in [-0.25, -0.2) is 13.2 Å². The molecule has 12 rings (SSSR count). The minimum absolute atomic E-state index is 0. The molecule has 0 fully saturated rings. The van der Waals surface area contributed by atoms with Gasteiger partial charge in [-0.15, -0.1) is 0 Å². The number of fused-ring (bicyclic) bond motifs is 10. The van der Waals surface area contributed by atoms with Gasteiger partial charge in [0.2, 0.25) is 25.0 Å². The third kappa shape index (κ3) is 9.20. The van der Waals surface area contributed by atoms with Gasteiger partial charge in [0.15, 0.2) is 71.5 Å². The number of carbonyl (C=O) groups excluding carboxylic acids is 1. The number of halogens is 3. The molecule has 348 valence electrons. The molecule has 0 bridgehead atoms. The first kappa shape index (κ1) is 47.5. The zero-order valence-corrected chi connectivity index (χ0v) is 39.5. The molecule has 0 aliphatic carbocycles. The molecule has 17 heteroatoms. The minimum atomic E-state index is -3.53. The Labute approximate surface area is 408 Å². The van der Waals surface area contributed by atoms with Crippen molar-refractivity contribution < 1.29 is 85.4 Å². The van der Waals surface area contributed by atoms with E-state index in [9.17, 15) is 18.3 Å². The number of rotatable bonds is 5. The van der Waals surface area contributed by atoms with E-state index in [1.54, 1.807) is 50.6 Å². The van der Waals surface area contributed by atoms with Crippen LogP contribution in [0.25, 0.3) is 44.1 Å². The van der Waals surface area contributed by atoms with Crippen molar-refractivity contribution in [1.82, 2.24) is 0 Å². The van der Waals surface area contributed by atoms with Gasteiger partial charge in [0.1, 0.15) is 0 Å². The number of aryl methyl sites for hydroxylation is 4. The molecule has 13 nitrogen and oxygen atoms in total. The van der Waals surface area contributed by atoms with Crippen molar-refractivity contribution in [3.8, 4) is 68.5 Å². The third-order valence-electron chi connectivity index (χ3n) is 11.8. The molecule has 4 aliphatic rings. The maximum Gasteiger partial charge on any atom is 0.343 e. The maximum absolute atomic E-state index is 12.8. The lowest BCUT2D eigenvalue weighted by Crippen LogP contribution is -3.00. The van der Waals surface area contributed by atoms with Gasteiger partial charge >= 0.3 is 5.97 Å². The highest BCUT2D eigenvalue weighted by Crippen LogP contribution is 2.43. The summed E-state index contributed by atoms with van der Waals surface area (Å²) in [6, 6.07) is 36.9. The Balaban J connectivity index is 0.000000153. The SMILES string of the molecule is COc1ccc2cc3[n+](cc2c1O)CCc1cc2c(cc1-3)OCO2.COc1ccc2cc3[n+](cc2c1OC(=O)c1ccccc1)CCc1cc2c(cc1-3)OCO2.O=S(=O)(Cl)c1ccccc1.[Cl-].[Cl-]. The van der Waals surface area contributed by atoms with E-state index in [-0.39, 0.29) is 49.0 Å². The topological polar surface area (TPSA) is 144 Å². The van der Waals surface area contributed by atoms with E-state index < -0.39 is 15.0 Å². The number of hydrogen-bond acceptors (Lipinski definition) is 11. The van der Waals surface area contributed by atoms with E-state index in [4.69, 9.17) is 43.8 Å². The van der Waals surface area contributed by atoms with Crippen LogP contribution in [0, 0.1) is 0 Å². The number of hydrogen-bond donors (Lipinski definition) is 1. The smallest absolute Gasteiger partial charge is 0.343 e. The van der Waals surface area contributed by atoms with Crippen LogP contribution in [0.5, 0.6) is 46.0 Å². The second-order valence-corrected chi connectivity index (χ2v) is 18.2. The first-order chi connectivity index (χ1) is 32.1. The molecule has 68 heavy (non-hydrogen) atoms. The Morgan fingerprint density at radius 3 is 1.59 bits per heavy atom. The number of methoxy groups -OCH3 is 2. The van der Waals surface area contributed by atoms with E-state index in [0.29, 0.717) is 22.8 Å². The Kier molecular flexibility index (Phi) is 13.8. The number of benzene rings is 6. The van der Waals surface area contributed by atoms with E-state index in [2.05, 4.69) is 39.5 Å². The Hall–Kier alpha value is -6.97. The van der Waals surface area contributed by atoms with Gasteiger partial charge in [-0.2, -0.15) is 9.13 Å². The highest BCUT2D eigenvalue weighted by atomic mass is 35.7. The molecule has 0 amide bonds. The summed E-state index contributed by atoms with van der Waals surface area (Å²) in [6.45, 7) is 2.20. The summed E-state index contributed by atoms with van der Waals surface area (Å²) in [5, 5.41) is 13.9. The minimum Gasteiger partial charge on any atom is -1.00 e. The second-order valence-electron chi connectivity index (χ2n) is 15.7. The molecule has 6 heterocycles. The van der Waals surface area contributed by atoms with Crippen LogP contribution in [-0.2, 0) is 35.0 Å². The summed E-state index contributed by atoms with van der Waals surface area (Å²) < 4.78 is 64.3. The Morgan fingerprint density at radius 2 is 1.09 bits per heavy atom. The van der Waals surface area contributed by atoms with Crippen LogP contribution in [0.4, 0.5) is 0 Å². The highest BCUT2D eigenvalue weighted by Gasteiger charge is 2.31. The largest absolute Gasteiger partial charge is 1.00 e. The zero-order chi connectivity index (χ0) is 45.5. The standard InChI is InChI=1S/C26H20NO5.C19H15NO4.C6H5ClO2S.2ClH/c1-29-22-8-7-17-11-21-19-13-24-23(30-15-31-24)12-18(19)9-10-27(21)14-20(17)25(22)32-26(28)16-5-3-2-4-6-16;1-22-16-3-2-11-6-15-13-8-18-17(23-10-24-18)7-12(13)4-5-20(15)9-14(11)19(16)21;7-10(8,9)6-4-2-1-3-5-6;;/h2-8,11-14H,9-10,15H2,1H3;2-3,6-9H,4-5,10H2,1H3;1-5H;2*1H/q+1;;;;/p-1. The number of phenols is 1. The van der Waals surface area contributed by atoms with Crippen LogP contribution in [0.3, 0.4) is 0 Å². The Morgan fingerprint density at radius 1 is 0.618 bits per heavy atom. The van der Waals surface area contributed by atoms with Crippen molar-refractivity contribution in [2.75, 3.05) is 27.8 Å². The van der Waals surface area contributed by atoms with Gasteiger partial charge in [0, 0.05) is 35.7 Å². The van der Waals surface area contributed by atoms with Crippen LogP contribution in [-0.4, -0.2) is 47.3 Å². The van der Waals surface area contributed by atoms with Crippen LogP contribution < -0.4 is 67.1 Å². The maximum atomic E-state index is 12.8. The van der Waals surface area contributed by atoms with Gasteiger partial charge in [0.25, 0.3) is 9.05 Å². The molecule has 0 radical (unpaired) electrons. The number of pyridine rings is 2. The molecular weight excluding hydrogens is 955 g/mol. The summed E-state index contributed by atoms with van der Waals surface area (Å²) in [5.74, 6) is 4.38. The summed E-state index contributed by atoms with van der Waals surface area (Å²) in [5.41, 5.74) is 7.47. The molecule has 0 saturated heterocycles. The quantitative estimate of drug-likeness (QED) is 0.118. The molecular formula is C51H41Cl3N2O11S. The molecule has 6 aromatic carbocycles. The molecule has 0 unspecified atom stereocenters. The Bertz CT molecular complexity index is 3340. The van der Waals surface area contributed by atoms with E-state index in [1.807, 2.05) is 54.9 Å². The zero-order valence-electron chi connectivity index (χ0n) is 36.4. The third-order valence-corrected chi connectivity index (χ3v) is 13.2. The number of ether oxygens (including phenoxy) is 7. The van der Waals surface area contributed by atoms with Gasteiger partial charge in [-0.3, -0.25) is 0 Å². The summed E-state index contributed by atoms with van der Waals surface area (Å²) in [4.78, 5) is 12.9. The normalized spacial score (nSPS) is 13.0. The monoisotopic (exact) mass is 994 g/mol. The number of carbonyl (C=O) groups is 1. The van der Waals surface area contributed by atoms with E-state index in [0.717, 1.165) is 93.0 Å². The van der Waals surface area contributed by atoms with Crippen LogP contribution in [0.1, 0.15) is 21.5 Å². The van der Waals surface area contributed by atoms with Gasteiger partial charge in [-0.05, 0) is 94.7 Å². The highest BCUT2D eigenvalue weighted by molar-refractivity contribution is 8.13. The molecule has 0 saturated carbocycles. The van der Waals surface area contributed by atoms with Crippen LogP contribution >= 0.6 is 10.7 Å². The average Bonchev–Trinajstić information content (AvgIpc) is 4.02. The first-order valence-corrected chi connectivity index (χ1v) is 23.3. The number of nitrogens with zero attached hydrogens (tertiary/aromatic N) is 2. The number of aromatic hydroxyl groups is 1. The predicted molar refractivity (Wildman–Crippen MR) is 244 cm³/mol. The molecule has 0 atom stereocenters. The lowest BCUT2D eigenvalue weighted by molar-refractivity contribution is -0.686. The van der Waals surface area contributed by atoms with Crippen molar-refractivity contribution >= 4 is 47.2 Å². The lowest BCUT2D eigenvalue weighted by Gasteiger charge is -2.17. The van der Waals surface area contributed by atoms with Crippen LogP contribution in [0.15, 0.2) is 139 Å². The molecule has 4 aliphatic heterocycles. The average molecular weight is 996 g/mol.